The van der Waals surface area contributed by atoms with Gasteiger partial charge in [0, 0.05) is 24.1 Å². The summed E-state index contributed by atoms with van der Waals surface area (Å²) in [7, 11) is 2.05. The molecule has 3 aromatic rings. The van der Waals surface area contributed by atoms with Crippen molar-refractivity contribution in [2.75, 3.05) is 0 Å². The largest absolute Gasteiger partial charge is 0.350 e. The van der Waals surface area contributed by atoms with Crippen LogP contribution in [0.2, 0.25) is 0 Å². The average molecular weight is 234 g/mol. The molecule has 0 unspecified atom stereocenters. The fraction of sp³-hybridized carbons (Fsp3) is 0.0625. The minimum absolute atomic E-state index is 0.983. The van der Waals surface area contributed by atoms with Crippen LogP contribution < -0.4 is 5.36 Å². The lowest BCUT2D eigenvalue weighted by atomic mass is 10.2. The third-order valence-electron chi connectivity index (χ3n) is 3.02. The predicted molar refractivity (Wildman–Crippen MR) is 74.6 cm³/mol. The second-order valence-corrected chi connectivity index (χ2v) is 4.28. The highest BCUT2D eigenvalue weighted by atomic mass is 14.9. The van der Waals surface area contributed by atoms with Crippen molar-refractivity contribution in [1.82, 2.24) is 4.57 Å². The molecular weight excluding hydrogens is 220 g/mol. The summed E-state index contributed by atoms with van der Waals surface area (Å²) in [6.45, 7) is 0. The Morgan fingerprint density at radius 1 is 0.833 bits per heavy atom. The van der Waals surface area contributed by atoms with Gasteiger partial charge in [0.05, 0.1) is 11.0 Å². The Balaban J connectivity index is 2.31. The van der Waals surface area contributed by atoms with Crippen LogP contribution in [-0.4, -0.2) is 4.57 Å². The highest BCUT2D eigenvalue weighted by molar-refractivity contribution is 5.78. The maximum atomic E-state index is 4.70. The first-order valence-electron chi connectivity index (χ1n) is 5.99. The van der Waals surface area contributed by atoms with E-state index in [9.17, 15) is 0 Å². The van der Waals surface area contributed by atoms with Crippen LogP contribution in [0.1, 0.15) is 0 Å². The molecule has 0 saturated heterocycles. The zero-order valence-corrected chi connectivity index (χ0v) is 10.2. The Kier molecular flexibility index (Phi) is 2.69. The van der Waals surface area contributed by atoms with E-state index < -0.39 is 0 Å². The highest BCUT2D eigenvalue weighted by Crippen LogP contribution is 2.11. The van der Waals surface area contributed by atoms with Gasteiger partial charge in [-0.15, -0.1) is 0 Å². The lowest BCUT2D eigenvalue weighted by molar-refractivity contribution is 0.948. The SMILES string of the molecule is Cn1ccc(=Nc2ccccc2)c2ccccc21. The van der Waals surface area contributed by atoms with Crippen LogP contribution in [0.3, 0.4) is 0 Å². The summed E-state index contributed by atoms with van der Waals surface area (Å²) in [6, 6.07) is 20.4. The molecule has 0 fully saturated rings. The van der Waals surface area contributed by atoms with Gasteiger partial charge in [-0.2, -0.15) is 0 Å². The van der Waals surface area contributed by atoms with E-state index in [-0.39, 0.29) is 0 Å². The van der Waals surface area contributed by atoms with Crippen LogP contribution >= 0.6 is 0 Å². The quantitative estimate of drug-likeness (QED) is 0.614. The first kappa shape index (κ1) is 10.8. The summed E-state index contributed by atoms with van der Waals surface area (Å²) in [6.07, 6.45) is 2.05. The number of hydrogen-bond donors (Lipinski definition) is 0. The Bertz CT molecular complexity index is 740. The van der Waals surface area contributed by atoms with Crippen molar-refractivity contribution >= 4 is 16.6 Å². The smallest absolute Gasteiger partial charge is 0.0744 e. The number of rotatable bonds is 1. The van der Waals surface area contributed by atoms with Crippen molar-refractivity contribution in [2.45, 2.75) is 0 Å². The molecule has 0 aliphatic rings. The number of benzene rings is 2. The molecule has 18 heavy (non-hydrogen) atoms. The van der Waals surface area contributed by atoms with Gasteiger partial charge in [0.2, 0.25) is 0 Å². The monoisotopic (exact) mass is 234 g/mol. The normalized spacial score (nSPS) is 11.9. The van der Waals surface area contributed by atoms with Gasteiger partial charge in [-0.05, 0) is 24.3 Å². The molecule has 0 saturated carbocycles. The topological polar surface area (TPSA) is 17.3 Å². The van der Waals surface area contributed by atoms with E-state index in [2.05, 4.69) is 35.9 Å². The molecule has 88 valence electrons. The van der Waals surface area contributed by atoms with Gasteiger partial charge in [0.25, 0.3) is 0 Å². The maximum absolute atomic E-state index is 4.70. The number of para-hydroxylation sites is 2. The Labute approximate surface area is 106 Å². The van der Waals surface area contributed by atoms with Crippen LogP contribution in [0.15, 0.2) is 71.9 Å². The average Bonchev–Trinajstić information content (AvgIpc) is 2.44. The Morgan fingerprint density at radius 2 is 1.56 bits per heavy atom. The van der Waals surface area contributed by atoms with E-state index in [1.165, 1.54) is 10.9 Å². The summed E-state index contributed by atoms with van der Waals surface area (Å²) >= 11 is 0. The molecule has 0 N–H and O–H groups in total. The number of nitrogens with zero attached hydrogens (tertiary/aromatic N) is 2. The summed E-state index contributed by atoms with van der Waals surface area (Å²) < 4.78 is 2.11. The van der Waals surface area contributed by atoms with Crippen LogP contribution in [0, 0.1) is 0 Å². The van der Waals surface area contributed by atoms with Gasteiger partial charge in [-0.25, -0.2) is 4.99 Å². The van der Waals surface area contributed by atoms with Crippen molar-refractivity contribution in [3.05, 3.63) is 72.2 Å². The van der Waals surface area contributed by atoms with E-state index in [0.717, 1.165) is 11.0 Å². The van der Waals surface area contributed by atoms with Crippen LogP contribution in [0.25, 0.3) is 10.9 Å². The Hall–Kier alpha value is -2.35. The van der Waals surface area contributed by atoms with E-state index in [1.807, 2.05) is 42.6 Å². The van der Waals surface area contributed by atoms with Crippen molar-refractivity contribution in [3.8, 4) is 0 Å². The molecule has 2 heteroatoms. The van der Waals surface area contributed by atoms with Gasteiger partial charge in [0.1, 0.15) is 0 Å². The first-order valence-corrected chi connectivity index (χ1v) is 5.99. The number of aryl methyl sites for hydroxylation is 1. The van der Waals surface area contributed by atoms with Crippen LogP contribution in [0.5, 0.6) is 0 Å². The second-order valence-electron chi connectivity index (χ2n) is 4.28. The predicted octanol–water partition coefficient (Wildman–Crippen LogP) is 3.41. The highest BCUT2D eigenvalue weighted by Gasteiger charge is 1.97. The van der Waals surface area contributed by atoms with Crippen molar-refractivity contribution in [1.29, 1.82) is 0 Å². The maximum Gasteiger partial charge on any atom is 0.0744 e. The molecule has 0 spiro atoms. The summed E-state index contributed by atoms with van der Waals surface area (Å²) in [5.74, 6) is 0. The fourth-order valence-electron chi connectivity index (χ4n) is 2.09. The van der Waals surface area contributed by atoms with Gasteiger partial charge in [-0.3, -0.25) is 0 Å². The summed E-state index contributed by atoms with van der Waals surface area (Å²) in [5.41, 5.74) is 2.17. The molecule has 1 aromatic heterocycles. The zero-order valence-electron chi connectivity index (χ0n) is 10.2. The van der Waals surface area contributed by atoms with E-state index in [4.69, 9.17) is 4.99 Å². The van der Waals surface area contributed by atoms with E-state index in [0.29, 0.717) is 0 Å². The van der Waals surface area contributed by atoms with Gasteiger partial charge in [-0.1, -0.05) is 36.4 Å². The van der Waals surface area contributed by atoms with Crippen LogP contribution in [-0.2, 0) is 7.05 Å². The van der Waals surface area contributed by atoms with E-state index in [1.54, 1.807) is 0 Å². The van der Waals surface area contributed by atoms with Gasteiger partial charge < -0.3 is 4.57 Å². The molecule has 0 amide bonds. The molecule has 3 rings (SSSR count). The lowest BCUT2D eigenvalue weighted by Gasteiger charge is -2.05. The van der Waals surface area contributed by atoms with Gasteiger partial charge in [0.15, 0.2) is 0 Å². The lowest BCUT2D eigenvalue weighted by Crippen LogP contribution is -2.06. The minimum Gasteiger partial charge on any atom is -0.350 e. The molecule has 0 aliphatic carbocycles. The molecule has 0 bridgehead atoms. The molecule has 0 aliphatic heterocycles. The number of fused-ring (bicyclic) bond motifs is 1. The molecule has 0 radical (unpaired) electrons. The third kappa shape index (κ3) is 1.93. The van der Waals surface area contributed by atoms with Crippen molar-refractivity contribution < 1.29 is 0 Å². The standard InChI is InChI=1S/C16H14N2/c1-18-12-11-15(14-9-5-6-10-16(14)18)17-13-7-3-2-4-8-13/h2-12H,1H3. The number of hydrogen-bond acceptors (Lipinski definition) is 1. The third-order valence-corrected chi connectivity index (χ3v) is 3.02. The molecule has 2 aromatic carbocycles. The number of aromatic nitrogens is 1. The minimum atomic E-state index is 0.983. The number of pyridine rings is 1. The van der Waals surface area contributed by atoms with Crippen LogP contribution in [0.4, 0.5) is 5.69 Å². The Morgan fingerprint density at radius 3 is 2.39 bits per heavy atom. The van der Waals surface area contributed by atoms with E-state index >= 15 is 0 Å². The zero-order chi connectivity index (χ0) is 12.4. The molecular formula is C16H14N2. The fourth-order valence-corrected chi connectivity index (χ4v) is 2.09. The molecule has 2 nitrogen and oxygen atoms in total. The summed E-state index contributed by atoms with van der Waals surface area (Å²) in [5, 5.41) is 2.18. The second kappa shape index (κ2) is 4.49. The van der Waals surface area contributed by atoms with Crippen molar-refractivity contribution in [3.63, 3.8) is 0 Å². The molecule has 1 heterocycles. The first-order chi connectivity index (χ1) is 8.84. The summed E-state index contributed by atoms with van der Waals surface area (Å²) in [4.78, 5) is 4.70. The van der Waals surface area contributed by atoms with Crippen molar-refractivity contribution in [2.24, 2.45) is 12.0 Å². The molecule has 0 atom stereocenters. The van der Waals surface area contributed by atoms with Gasteiger partial charge >= 0.3 is 0 Å².